The minimum absolute atomic E-state index is 0.115. The van der Waals surface area contributed by atoms with Crippen LogP contribution < -0.4 is 5.32 Å². The molecule has 1 saturated heterocycles. The van der Waals surface area contributed by atoms with Gasteiger partial charge in [-0.1, -0.05) is 6.07 Å². The molecule has 1 aromatic rings. The Morgan fingerprint density at radius 2 is 2.00 bits per heavy atom. The highest BCUT2D eigenvalue weighted by atomic mass is 16.4. The average Bonchev–Trinajstić information content (AvgIpc) is 2.67. The van der Waals surface area contributed by atoms with Gasteiger partial charge in [-0.25, -0.2) is 0 Å². The van der Waals surface area contributed by atoms with Gasteiger partial charge in [0.25, 0.3) is 5.91 Å². The predicted octanol–water partition coefficient (Wildman–Crippen LogP) is 1.90. The molecule has 1 fully saturated rings. The number of piperidine rings is 1. The van der Waals surface area contributed by atoms with Gasteiger partial charge in [-0.2, -0.15) is 0 Å². The van der Waals surface area contributed by atoms with Crippen molar-refractivity contribution in [2.24, 2.45) is 5.92 Å². The Morgan fingerprint density at radius 1 is 1.27 bits per heavy atom. The number of anilines is 1. The summed E-state index contributed by atoms with van der Waals surface area (Å²) in [4.78, 5) is 39.6. The molecular formula is C19H27N3O4. The van der Waals surface area contributed by atoms with E-state index in [0.717, 1.165) is 12.8 Å². The molecule has 1 aliphatic heterocycles. The standard InChI is InChI=1S/C19H27N3O4/c1-3-21(4-2)19(26)15-8-6-10-22(13-15)18(25)14-7-5-9-16(11-14)20-12-17(23)24/h5,7,9,11,15,20H,3-4,6,8,10,12-13H2,1-2H3,(H,23,24)/t15-/m1/s1. The number of amides is 2. The smallest absolute Gasteiger partial charge is 0.322 e. The van der Waals surface area contributed by atoms with Gasteiger partial charge in [0, 0.05) is 37.4 Å². The zero-order valence-corrected chi connectivity index (χ0v) is 15.4. The van der Waals surface area contributed by atoms with Crippen LogP contribution in [0.1, 0.15) is 37.0 Å². The van der Waals surface area contributed by atoms with E-state index in [1.165, 1.54) is 0 Å². The van der Waals surface area contributed by atoms with E-state index in [1.54, 1.807) is 29.2 Å². The van der Waals surface area contributed by atoms with Gasteiger partial charge in [-0.05, 0) is 44.9 Å². The van der Waals surface area contributed by atoms with Gasteiger partial charge < -0.3 is 20.2 Å². The molecule has 0 aromatic heterocycles. The monoisotopic (exact) mass is 361 g/mol. The number of carboxylic acids is 1. The van der Waals surface area contributed by atoms with E-state index in [0.29, 0.717) is 37.4 Å². The lowest BCUT2D eigenvalue weighted by atomic mass is 9.95. The highest BCUT2D eigenvalue weighted by Gasteiger charge is 2.30. The third kappa shape index (κ3) is 4.97. The lowest BCUT2D eigenvalue weighted by Crippen LogP contribution is -2.46. The number of carbonyl (C=O) groups excluding carboxylic acids is 2. The normalized spacial score (nSPS) is 16.8. The third-order valence-electron chi connectivity index (χ3n) is 4.69. The number of likely N-dealkylation sites (tertiary alicyclic amines) is 1. The lowest BCUT2D eigenvalue weighted by molar-refractivity contribution is -0.136. The molecule has 1 atom stereocenters. The Kier molecular flexibility index (Phi) is 7.00. The molecule has 7 nitrogen and oxygen atoms in total. The van der Waals surface area contributed by atoms with Crippen molar-refractivity contribution in [3.8, 4) is 0 Å². The van der Waals surface area contributed by atoms with Crippen molar-refractivity contribution in [3.05, 3.63) is 29.8 Å². The fraction of sp³-hybridized carbons (Fsp3) is 0.526. The molecule has 0 bridgehead atoms. The number of hydrogen-bond acceptors (Lipinski definition) is 4. The Bertz CT molecular complexity index is 658. The highest BCUT2D eigenvalue weighted by molar-refractivity contribution is 5.95. The Labute approximate surface area is 154 Å². The second kappa shape index (κ2) is 9.22. The fourth-order valence-electron chi connectivity index (χ4n) is 3.28. The zero-order valence-electron chi connectivity index (χ0n) is 15.4. The molecule has 2 amide bonds. The van der Waals surface area contributed by atoms with Gasteiger partial charge in [0.15, 0.2) is 0 Å². The summed E-state index contributed by atoms with van der Waals surface area (Å²) in [5, 5.41) is 11.5. The van der Waals surface area contributed by atoms with Crippen molar-refractivity contribution < 1.29 is 19.5 Å². The van der Waals surface area contributed by atoms with Crippen LogP contribution >= 0.6 is 0 Å². The van der Waals surface area contributed by atoms with E-state index in [9.17, 15) is 14.4 Å². The summed E-state index contributed by atoms with van der Waals surface area (Å²) < 4.78 is 0. The largest absolute Gasteiger partial charge is 0.480 e. The third-order valence-corrected chi connectivity index (χ3v) is 4.69. The number of hydrogen-bond donors (Lipinski definition) is 2. The fourth-order valence-corrected chi connectivity index (χ4v) is 3.28. The van der Waals surface area contributed by atoms with Crippen LogP contribution in [0.3, 0.4) is 0 Å². The maximum atomic E-state index is 12.8. The van der Waals surface area contributed by atoms with Crippen molar-refractivity contribution >= 4 is 23.5 Å². The van der Waals surface area contributed by atoms with Crippen LogP contribution in [0.15, 0.2) is 24.3 Å². The number of aliphatic carboxylic acids is 1. The molecule has 142 valence electrons. The first kappa shape index (κ1) is 19.8. The summed E-state index contributed by atoms with van der Waals surface area (Å²) in [5.74, 6) is -1.12. The lowest BCUT2D eigenvalue weighted by Gasteiger charge is -2.34. The summed E-state index contributed by atoms with van der Waals surface area (Å²) in [6.07, 6.45) is 1.61. The highest BCUT2D eigenvalue weighted by Crippen LogP contribution is 2.21. The van der Waals surface area contributed by atoms with E-state index in [1.807, 2.05) is 18.7 Å². The molecule has 0 radical (unpaired) electrons. The second-order valence-electron chi connectivity index (χ2n) is 6.43. The SMILES string of the molecule is CCN(CC)C(=O)[C@@H]1CCCN(C(=O)c2cccc(NCC(=O)O)c2)C1. The van der Waals surface area contributed by atoms with Crippen LogP contribution in [-0.4, -0.2) is 65.4 Å². The van der Waals surface area contributed by atoms with Crippen molar-refractivity contribution in [3.63, 3.8) is 0 Å². The first-order chi connectivity index (χ1) is 12.5. The second-order valence-corrected chi connectivity index (χ2v) is 6.43. The van der Waals surface area contributed by atoms with E-state index in [-0.39, 0.29) is 24.3 Å². The molecule has 0 saturated carbocycles. The van der Waals surface area contributed by atoms with Gasteiger partial charge in [-0.3, -0.25) is 14.4 Å². The first-order valence-corrected chi connectivity index (χ1v) is 9.10. The molecular weight excluding hydrogens is 334 g/mol. The topological polar surface area (TPSA) is 90.0 Å². The van der Waals surface area contributed by atoms with Crippen LogP contribution in [0.4, 0.5) is 5.69 Å². The van der Waals surface area contributed by atoms with E-state index < -0.39 is 5.97 Å². The van der Waals surface area contributed by atoms with Crippen LogP contribution in [0.25, 0.3) is 0 Å². The molecule has 0 spiro atoms. The molecule has 1 aliphatic rings. The van der Waals surface area contributed by atoms with E-state index in [4.69, 9.17) is 5.11 Å². The van der Waals surface area contributed by atoms with Crippen LogP contribution in [-0.2, 0) is 9.59 Å². The van der Waals surface area contributed by atoms with Gasteiger partial charge in [0.2, 0.25) is 5.91 Å². The summed E-state index contributed by atoms with van der Waals surface area (Å²) in [5.41, 5.74) is 1.09. The number of carboxylic acid groups (broad SMARTS) is 1. The van der Waals surface area contributed by atoms with Gasteiger partial charge in [0.05, 0.1) is 5.92 Å². The average molecular weight is 361 g/mol. The molecule has 7 heteroatoms. The number of carbonyl (C=O) groups is 3. The van der Waals surface area contributed by atoms with Crippen LogP contribution in [0, 0.1) is 5.92 Å². The number of benzene rings is 1. The van der Waals surface area contributed by atoms with E-state index in [2.05, 4.69) is 5.32 Å². The number of rotatable bonds is 7. The van der Waals surface area contributed by atoms with Gasteiger partial charge in [0.1, 0.15) is 6.54 Å². The minimum atomic E-state index is -0.962. The van der Waals surface area contributed by atoms with E-state index >= 15 is 0 Å². The molecule has 26 heavy (non-hydrogen) atoms. The maximum absolute atomic E-state index is 12.8. The van der Waals surface area contributed by atoms with Crippen LogP contribution in [0.2, 0.25) is 0 Å². The molecule has 0 aliphatic carbocycles. The zero-order chi connectivity index (χ0) is 19.1. The minimum Gasteiger partial charge on any atom is -0.480 e. The van der Waals surface area contributed by atoms with Crippen molar-refractivity contribution in [1.29, 1.82) is 0 Å². The van der Waals surface area contributed by atoms with Crippen molar-refractivity contribution in [2.45, 2.75) is 26.7 Å². The predicted molar refractivity (Wildman–Crippen MR) is 99.1 cm³/mol. The van der Waals surface area contributed by atoms with Crippen molar-refractivity contribution in [1.82, 2.24) is 9.80 Å². The molecule has 2 rings (SSSR count). The Balaban J connectivity index is 2.05. The molecule has 0 unspecified atom stereocenters. The summed E-state index contributed by atoms with van der Waals surface area (Å²) in [6, 6.07) is 6.81. The molecule has 1 heterocycles. The number of nitrogens with zero attached hydrogens (tertiary/aromatic N) is 2. The van der Waals surface area contributed by atoms with Crippen LogP contribution in [0.5, 0.6) is 0 Å². The number of nitrogens with one attached hydrogen (secondary N) is 1. The quantitative estimate of drug-likeness (QED) is 0.774. The Hall–Kier alpha value is -2.57. The molecule has 2 N–H and O–H groups in total. The van der Waals surface area contributed by atoms with Gasteiger partial charge >= 0.3 is 5.97 Å². The Morgan fingerprint density at radius 3 is 2.65 bits per heavy atom. The molecule has 1 aromatic carbocycles. The first-order valence-electron chi connectivity index (χ1n) is 9.10. The van der Waals surface area contributed by atoms with Gasteiger partial charge in [-0.15, -0.1) is 0 Å². The van der Waals surface area contributed by atoms with Crippen molar-refractivity contribution in [2.75, 3.05) is 38.0 Å². The summed E-state index contributed by atoms with van der Waals surface area (Å²) in [7, 11) is 0. The summed E-state index contributed by atoms with van der Waals surface area (Å²) in [6.45, 7) is 6.14. The maximum Gasteiger partial charge on any atom is 0.322 e. The summed E-state index contributed by atoms with van der Waals surface area (Å²) >= 11 is 0.